The zero-order valence-corrected chi connectivity index (χ0v) is 18.1. The van der Waals surface area contributed by atoms with E-state index in [0.717, 1.165) is 45.1 Å². The first-order chi connectivity index (χ1) is 14.5. The lowest BCUT2D eigenvalue weighted by molar-refractivity contribution is 0.0963. The SMILES string of the molecule is CNC(=O)c1cc(-c2cccc(CNC3CCc4c(F)ccc(Br)c43)c2)cnc1N. The normalized spacial score (nSPS) is 15.1. The fourth-order valence-electron chi connectivity index (χ4n) is 3.93. The molecule has 0 aliphatic heterocycles. The summed E-state index contributed by atoms with van der Waals surface area (Å²) in [7, 11) is 1.56. The molecule has 1 unspecified atom stereocenters. The molecule has 1 amide bonds. The molecule has 0 spiro atoms. The van der Waals surface area contributed by atoms with Crippen LogP contribution < -0.4 is 16.4 Å². The van der Waals surface area contributed by atoms with Crippen LogP contribution in [0.15, 0.2) is 53.1 Å². The van der Waals surface area contributed by atoms with Crippen molar-refractivity contribution in [2.75, 3.05) is 12.8 Å². The third-order valence-corrected chi connectivity index (χ3v) is 6.17. The zero-order chi connectivity index (χ0) is 21.3. The molecule has 0 fully saturated rings. The van der Waals surface area contributed by atoms with Gasteiger partial charge < -0.3 is 16.4 Å². The van der Waals surface area contributed by atoms with E-state index in [0.29, 0.717) is 12.1 Å². The van der Waals surface area contributed by atoms with Gasteiger partial charge in [-0.2, -0.15) is 0 Å². The highest BCUT2D eigenvalue weighted by atomic mass is 79.9. The second-order valence-electron chi connectivity index (χ2n) is 7.33. The Morgan fingerprint density at radius 3 is 2.90 bits per heavy atom. The van der Waals surface area contributed by atoms with Gasteiger partial charge >= 0.3 is 0 Å². The molecule has 0 bridgehead atoms. The summed E-state index contributed by atoms with van der Waals surface area (Å²) in [6.07, 6.45) is 3.27. The Morgan fingerprint density at radius 1 is 1.27 bits per heavy atom. The average Bonchev–Trinajstić information content (AvgIpc) is 3.20. The lowest BCUT2D eigenvalue weighted by Gasteiger charge is -2.16. The minimum atomic E-state index is -0.266. The highest BCUT2D eigenvalue weighted by Gasteiger charge is 2.27. The summed E-state index contributed by atoms with van der Waals surface area (Å²) < 4.78 is 15.0. The van der Waals surface area contributed by atoms with Crippen LogP contribution in [0.3, 0.4) is 0 Å². The Hall–Kier alpha value is -2.77. The van der Waals surface area contributed by atoms with E-state index in [1.165, 1.54) is 6.07 Å². The Bertz CT molecular complexity index is 1120. The molecule has 1 aromatic heterocycles. The molecule has 30 heavy (non-hydrogen) atoms. The Balaban J connectivity index is 1.54. The van der Waals surface area contributed by atoms with Crippen molar-refractivity contribution in [3.8, 4) is 11.1 Å². The second-order valence-corrected chi connectivity index (χ2v) is 8.18. The summed E-state index contributed by atoms with van der Waals surface area (Å²) in [5, 5.41) is 6.13. The number of carbonyl (C=O) groups excluding carboxylic acids is 1. The molecule has 1 aliphatic rings. The molecule has 5 nitrogen and oxygen atoms in total. The Kier molecular flexibility index (Phi) is 5.83. The van der Waals surface area contributed by atoms with Gasteiger partial charge in [0.15, 0.2) is 0 Å². The third kappa shape index (κ3) is 3.95. The third-order valence-electron chi connectivity index (χ3n) is 5.48. The summed E-state index contributed by atoms with van der Waals surface area (Å²) in [5.74, 6) is -0.201. The predicted octanol–water partition coefficient (Wildman–Crippen LogP) is 4.37. The smallest absolute Gasteiger partial charge is 0.254 e. The van der Waals surface area contributed by atoms with Crippen molar-refractivity contribution in [2.24, 2.45) is 0 Å². The first-order valence-corrected chi connectivity index (χ1v) is 10.5. The van der Waals surface area contributed by atoms with Crippen molar-refractivity contribution in [2.45, 2.75) is 25.4 Å². The van der Waals surface area contributed by atoms with Gasteiger partial charge in [-0.15, -0.1) is 0 Å². The van der Waals surface area contributed by atoms with Crippen LogP contribution in [-0.4, -0.2) is 17.9 Å². The number of hydrogen-bond donors (Lipinski definition) is 3. The lowest BCUT2D eigenvalue weighted by atomic mass is 10.0. The van der Waals surface area contributed by atoms with Gasteiger partial charge in [-0.25, -0.2) is 9.37 Å². The van der Waals surface area contributed by atoms with E-state index in [1.54, 1.807) is 25.4 Å². The van der Waals surface area contributed by atoms with Crippen molar-refractivity contribution in [1.29, 1.82) is 0 Å². The lowest BCUT2D eigenvalue weighted by Crippen LogP contribution is -2.20. The Morgan fingerprint density at radius 2 is 2.10 bits per heavy atom. The van der Waals surface area contributed by atoms with E-state index >= 15 is 0 Å². The van der Waals surface area contributed by atoms with E-state index in [-0.39, 0.29) is 23.6 Å². The molecule has 0 saturated heterocycles. The first kappa shape index (κ1) is 20.5. The van der Waals surface area contributed by atoms with Crippen LogP contribution in [-0.2, 0) is 13.0 Å². The van der Waals surface area contributed by atoms with E-state index in [1.807, 2.05) is 18.2 Å². The topological polar surface area (TPSA) is 80.0 Å². The summed E-state index contributed by atoms with van der Waals surface area (Å²) >= 11 is 3.56. The van der Waals surface area contributed by atoms with E-state index < -0.39 is 0 Å². The number of aromatic nitrogens is 1. The van der Waals surface area contributed by atoms with E-state index in [9.17, 15) is 9.18 Å². The van der Waals surface area contributed by atoms with E-state index in [2.05, 4.69) is 37.6 Å². The molecule has 0 saturated carbocycles. The maximum Gasteiger partial charge on any atom is 0.254 e. The van der Waals surface area contributed by atoms with Crippen LogP contribution >= 0.6 is 15.9 Å². The number of nitrogen functional groups attached to an aromatic ring is 1. The number of anilines is 1. The molecule has 7 heteroatoms. The minimum Gasteiger partial charge on any atom is -0.383 e. The maximum absolute atomic E-state index is 14.1. The number of carbonyl (C=O) groups is 1. The van der Waals surface area contributed by atoms with Crippen molar-refractivity contribution in [3.63, 3.8) is 0 Å². The van der Waals surface area contributed by atoms with Gasteiger partial charge in [-0.3, -0.25) is 4.79 Å². The molecule has 1 atom stereocenters. The Labute approximate surface area is 183 Å². The van der Waals surface area contributed by atoms with Crippen LogP contribution in [0.2, 0.25) is 0 Å². The molecule has 4 rings (SSSR count). The number of nitrogens with one attached hydrogen (secondary N) is 2. The predicted molar refractivity (Wildman–Crippen MR) is 119 cm³/mol. The first-order valence-electron chi connectivity index (χ1n) is 9.75. The number of pyridine rings is 1. The summed E-state index contributed by atoms with van der Waals surface area (Å²) in [4.78, 5) is 16.2. The molecule has 154 valence electrons. The van der Waals surface area contributed by atoms with Crippen molar-refractivity contribution in [3.05, 3.63) is 81.2 Å². The van der Waals surface area contributed by atoms with Gasteiger partial charge in [0.05, 0.1) is 5.56 Å². The second kappa shape index (κ2) is 8.53. The summed E-state index contributed by atoms with van der Waals surface area (Å²) in [6, 6.07) is 13.2. The van der Waals surface area contributed by atoms with Gasteiger partial charge in [0.2, 0.25) is 0 Å². The van der Waals surface area contributed by atoms with Crippen LogP contribution in [0.25, 0.3) is 11.1 Å². The highest BCUT2D eigenvalue weighted by molar-refractivity contribution is 9.10. The van der Waals surface area contributed by atoms with Gasteiger partial charge in [0.25, 0.3) is 5.91 Å². The quantitative estimate of drug-likeness (QED) is 0.519. The van der Waals surface area contributed by atoms with Crippen molar-refractivity contribution >= 4 is 27.7 Å². The van der Waals surface area contributed by atoms with Crippen molar-refractivity contribution in [1.82, 2.24) is 15.6 Å². The zero-order valence-electron chi connectivity index (χ0n) is 16.5. The minimum absolute atomic E-state index is 0.103. The van der Waals surface area contributed by atoms with Crippen LogP contribution in [0.5, 0.6) is 0 Å². The van der Waals surface area contributed by atoms with Gasteiger partial charge in [-0.1, -0.05) is 34.1 Å². The fraction of sp³-hybridized carbons (Fsp3) is 0.217. The van der Waals surface area contributed by atoms with Crippen LogP contribution in [0, 0.1) is 5.82 Å². The monoisotopic (exact) mass is 468 g/mol. The standard InChI is InChI=1S/C23H22BrFN4O/c1-27-23(30)17-10-15(12-29-22(17)26)14-4-2-3-13(9-14)11-28-20-8-5-16-19(25)7-6-18(24)21(16)20/h2-4,6-7,9-10,12,20,28H,5,8,11H2,1H3,(H2,26,29)(H,27,30). The molecule has 1 aliphatic carbocycles. The molecule has 3 aromatic rings. The largest absolute Gasteiger partial charge is 0.383 e. The highest BCUT2D eigenvalue weighted by Crippen LogP contribution is 2.38. The summed E-state index contributed by atoms with van der Waals surface area (Å²) in [5.41, 5.74) is 10.9. The molecular formula is C23H22BrFN4O. The number of fused-ring (bicyclic) bond motifs is 1. The number of rotatable bonds is 5. The number of amides is 1. The number of nitrogens with two attached hydrogens (primary N) is 1. The maximum atomic E-state index is 14.1. The van der Waals surface area contributed by atoms with Crippen LogP contribution in [0.4, 0.5) is 10.2 Å². The fourth-order valence-corrected chi connectivity index (χ4v) is 4.58. The molecule has 2 aromatic carbocycles. The van der Waals surface area contributed by atoms with Gasteiger partial charge in [0, 0.05) is 35.9 Å². The number of halogens is 2. The molecular weight excluding hydrogens is 447 g/mol. The summed E-state index contributed by atoms with van der Waals surface area (Å²) in [6.45, 7) is 0.644. The van der Waals surface area contributed by atoms with Crippen LogP contribution in [0.1, 0.15) is 39.5 Å². The van der Waals surface area contributed by atoms with Crippen molar-refractivity contribution < 1.29 is 9.18 Å². The van der Waals surface area contributed by atoms with E-state index in [4.69, 9.17) is 5.73 Å². The number of hydrogen-bond acceptors (Lipinski definition) is 4. The molecule has 0 radical (unpaired) electrons. The van der Waals surface area contributed by atoms with Gasteiger partial charge in [0.1, 0.15) is 11.6 Å². The molecule has 4 N–H and O–H groups in total. The molecule has 1 heterocycles. The number of benzene rings is 2. The van der Waals surface area contributed by atoms with Gasteiger partial charge in [-0.05, 0) is 59.4 Å². The number of nitrogens with zero attached hydrogens (tertiary/aromatic N) is 1. The average molecular weight is 469 g/mol.